The monoisotopic (exact) mass is 424 g/mol. The summed E-state index contributed by atoms with van der Waals surface area (Å²) in [6, 6.07) is 4.70. The topological polar surface area (TPSA) is 67.7 Å². The average Bonchev–Trinajstić information content (AvgIpc) is 3.42. The normalized spacial score (nSPS) is 20.6. The van der Waals surface area contributed by atoms with Gasteiger partial charge in [0.15, 0.2) is 5.82 Å². The molecule has 0 spiro atoms. The zero-order valence-corrected chi connectivity index (χ0v) is 19.0. The molecule has 31 heavy (non-hydrogen) atoms. The highest BCUT2D eigenvalue weighted by Gasteiger charge is 2.35. The van der Waals surface area contributed by atoms with E-state index in [1.54, 1.807) is 0 Å². The summed E-state index contributed by atoms with van der Waals surface area (Å²) >= 11 is 0. The molecular weight excluding hydrogens is 392 g/mol. The van der Waals surface area contributed by atoms with Gasteiger partial charge in [0.1, 0.15) is 6.61 Å². The number of likely N-dealkylation sites (tertiary alicyclic amines) is 1. The fourth-order valence-electron chi connectivity index (χ4n) is 4.98. The lowest BCUT2D eigenvalue weighted by Gasteiger charge is -2.35. The van der Waals surface area contributed by atoms with E-state index in [-0.39, 0.29) is 23.5 Å². The van der Waals surface area contributed by atoms with Crippen molar-refractivity contribution in [1.29, 1.82) is 0 Å². The van der Waals surface area contributed by atoms with Gasteiger partial charge in [-0.05, 0) is 54.2 Å². The summed E-state index contributed by atoms with van der Waals surface area (Å²) in [5.74, 6) is 1.14. The van der Waals surface area contributed by atoms with Gasteiger partial charge in [0, 0.05) is 26.2 Å². The molecule has 0 bridgehead atoms. The van der Waals surface area contributed by atoms with Gasteiger partial charge in [0.05, 0.1) is 17.6 Å². The van der Waals surface area contributed by atoms with Crippen LogP contribution >= 0.6 is 0 Å². The first-order valence-corrected chi connectivity index (χ1v) is 11.5. The Bertz CT molecular complexity index is 1040. The molecule has 2 aliphatic heterocycles. The highest BCUT2D eigenvalue weighted by Crippen LogP contribution is 2.43. The van der Waals surface area contributed by atoms with Crippen molar-refractivity contribution in [3.05, 3.63) is 29.1 Å². The van der Waals surface area contributed by atoms with Crippen molar-refractivity contribution in [2.75, 3.05) is 26.2 Å². The fraction of sp³-hybridized carbons (Fsp3) is 0.625. The van der Waals surface area contributed by atoms with Crippen LogP contribution in [-0.2, 0) is 17.2 Å². The third-order valence-electron chi connectivity index (χ3n) is 7.04. The van der Waals surface area contributed by atoms with Crippen LogP contribution in [0.5, 0.6) is 0 Å². The first-order valence-electron chi connectivity index (χ1n) is 11.5. The molecule has 3 aliphatic rings. The minimum absolute atomic E-state index is 0.0195. The Morgan fingerprint density at radius 2 is 1.81 bits per heavy atom. The van der Waals surface area contributed by atoms with E-state index in [4.69, 9.17) is 9.72 Å². The minimum Gasteiger partial charge on any atom is -0.448 e. The summed E-state index contributed by atoms with van der Waals surface area (Å²) < 4.78 is 7.05. The fourth-order valence-corrected chi connectivity index (χ4v) is 4.98. The molecule has 2 saturated heterocycles. The number of amides is 2. The molecule has 166 valence electrons. The van der Waals surface area contributed by atoms with Gasteiger partial charge in [-0.1, -0.05) is 26.8 Å². The number of hydrogen-bond acceptors (Lipinski definition) is 4. The Labute approximate surface area is 183 Å². The number of ether oxygens (including phenoxy) is 1. The van der Waals surface area contributed by atoms with Gasteiger partial charge in [-0.2, -0.15) is 0 Å². The smallest absolute Gasteiger partial charge is 0.410 e. The van der Waals surface area contributed by atoms with Crippen LogP contribution in [0.2, 0.25) is 0 Å². The predicted octanol–water partition coefficient (Wildman–Crippen LogP) is 3.81. The Kier molecular flexibility index (Phi) is 4.75. The second-order valence-corrected chi connectivity index (χ2v) is 10.3. The number of benzene rings is 1. The van der Waals surface area contributed by atoms with E-state index in [1.807, 2.05) is 21.4 Å². The van der Waals surface area contributed by atoms with E-state index >= 15 is 0 Å². The van der Waals surface area contributed by atoms with Crippen LogP contribution in [0.15, 0.2) is 12.1 Å². The third-order valence-corrected chi connectivity index (χ3v) is 7.04. The molecule has 1 aromatic carbocycles. The quantitative estimate of drug-likeness (QED) is 0.752. The molecule has 7 heteroatoms. The molecule has 2 amide bonds. The maximum atomic E-state index is 13.4. The Morgan fingerprint density at radius 1 is 1.10 bits per heavy atom. The van der Waals surface area contributed by atoms with Crippen molar-refractivity contribution in [1.82, 2.24) is 19.4 Å². The summed E-state index contributed by atoms with van der Waals surface area (Å²) in [6.45, 7) is 9.03. The van der Waals surface area contributed by atoms with Crippen LogP contribution in [0.25, 0.3) is 11.0 Å². The lowest BCUT2D eigenvalue weighted by Crippen LogP contribution is -2.47. The molecule has 7 nitrogen and oxygen atoms in total. The van der Waals surface area contributed by atoms with E-state index in [0.717, 1.165) is 23.9 Å². The van der Waals surface area contributed by atoms with Crippen LogP contribution in [0, 0.1) is 0 Å². The lowest BCUT2D eigenvalue weighted by atomic mass is 9.84. The number of rotatable bonds is 3. The van der Waals surface area contributed by atoms with Gasteiger partial charge in [-0.15, -0.1) is 0 Å². The number of piperidine rings is 1. The third kappa shape index (κ3) is 3.58. The van der Waals surface area contributed by atoms with Crippen LogP contribution in [0.1, 0.15) is 74.1 Å². The summed E-state index contributed by atoms with van der Waals surface area (Å²) in [5.41, 5.74) is 4.54. The summed E-state index contributed by atoms with van der Waals surface area (Å²) in [5, 5.41) is 0. The largest absolute Gasteiger partial charge is 0.448 e. The van der Waals surface area contributed by atoms with Gasteiger partial charge in [0.25, 0.3) is 5.91 Å². The number of nitrogens with zero attached hydrogens (tertiary/aromatic N) is 4. The molecule has 0 unspecified atom stereocenters. The Balaban J connectivity index is 1.42. The maximum Gasteiger partial charge on any atom is 0.410 e. The highest BCUT2D eigenvalue weighted by atomic mass is 16.6. The molecule has 1 aromatic heterocycles. The molecule has 0 atom stereocenters. The van der Waals surface area contributed by atoms with E-state index in [2.05, 4.69) is 32.9 Å². The standard InChI is InChI=1S/C24H32N4O3/c1-24(2,3)18-13-16(15-5-6-15)14-19-20(18)25-21(26(19)4)22(29)27-9-7-17(8-10-27)28-11-12-31-23(28)30/h13-15,17H,5-12H2,1-4H3. The molecule has 3 fully saturated rings. The van der Waals surface area contributed by atoms with Crippen LogP contribution in [0.4, 0.5) is 4.79 Å². The molecule has 5 rings (SSSR count). The number of aromatic nitrogens is 2. The van der Waals surface area contributed by atoms with Crippen LogP contribution in [0.3, 0.4) is 0 Å². The molecule has 1 saturated carbocycles. The van der Waals surface area contributed by atoms with Crippen molar-refractivity contribution in [3.8, 4) is 0 Å². The maximum absolute atomic E-state index is 13.4. The van der Waals surface area contributed by atoms with E-state index in [9.17, 15) is 9.59 Å². The number of carbonyl (C=O) groups is 2. The van der Waals surface area contributed by atoms with Crippen LogP contribution in [-0.4, -0.2) is 63.6 Å². The Hall–Kier alpha value is -2.57. The first kappa shape index (κ1) is 20.3. The van der Waals surface area contributed by atoms with Crippen LogP contribution < -0.4 is 0 Å². The SMILES string of the molecule is Cn1c(C(=O)N2CCC(N3CCOC3=O)CC2)nc2c(C(C)(C)C)cc(C3CC3)cc21. The van der Waals surface area contributed by atoms with E-state index < -0.39 is 0 Å². The second-order valence-electron chi connectivity index (χ2n) is 10.3. The van der Waals surface area contributed by atoms with Gasteiger partial charge >= 0.3 is 6.09 Å². The minimum atomic E-state index is -0.221. The number of hydrogen-bond donors (Lipinski definition) is 0. The van der Waals surface area contributed by atoms with Crippen molar-refractivity contribution >= 4 is 23.0 Å². The molecule has 0 N–H and O–H groups in total. The number of imidazole rings is 1. The van der Waals surface area contributed by atoms with Crippen molar-refractivity contribution in [3.63, 3.8) is 0 Å². The zero-order valence-electron chi connectivity index (χ0n) is 19.0. The van der Waals surface area contributed by atoms with Crippen molar-refractivity contribution in [2.45, 2.75) is 63.8 Å². The van der Waals surface area contributed by atoms with Gasteiger partial charge in [-0.25, -0.2) is 9.78 Å². The van der Waals surface area contributed by atoms with Gasteiger partial charge in [-0.3, -0.25) is 4.79 Å². The molecular formula is C24H32N4O3. The van der Waals surface area contributed by atoms with Gasteiger partial charge in [0.2, 0.25) is 0 Å². The Morgan fingerprint density at radius 3 is 2.39 bits per heavy atom. The summed E-state index contributed by atoms with van der Waals surface area (Å²) in [4.78, 5) is 33.8. The van der Waals surface area contributed by atoms with Crippen molar-refractivity contribution < 1.29 is 14.3 Å². The van der Waals surface area contributed by atoms with Crippen molar-refractivity contribution in [2.24, 2.45) is 7.05 Å². The van der Waals surface area contributed by atoms with E-state index in [0.29, 0.717) is 38.0 Å². The number of cyclic esters (lactones) is 1. The lowest BCUT2D eigenvalue weighted by molar-refractivity contribution is 0.0644. The summed E-state index contributed by atoms with van der Waals surface area (Å²) in [7, 11) is 1.96. The van der Waals surface area contributed by atoms with E-state index in [1.165, 1.54) is 24.0 Å². The van der Waals surface area contributed by atoms with Gasteiger partial charge < -0.3 is 19.1 Å². The zero-order chi connectivity index (χ0) is 21.9. The first-order chi connectivity index (χ1) is 14.7. The number of carbonyl (C=O) groups excluding carboxylic acids is 2. The highest BCUT2D eigenvalue weighted by molar-refractivity contribution is 5.96. The molecule has 1 aliphatic carbocycles. The number of aryl methyl sites for hydroxylation is 1. The molecule has 0 radical (unpaired) electrons. The second kappa shape index (κ2) is 7.24. The average molecular weight is 425 g/mol. The number of fused-ring (bicyclic) bond motifs is 1. The summed E-state index contributed by atoms with van der Waals surface area (Å²) in [6.07, 6.45) is 3.84. The predicted molar refractivity (Wildman–Crippen MR) is 118 cm³/mol. The molecule has 3 heterocycles. The molecule has 2 aromatic rings.